The molecule has 0 aliphatic carbocycles. The van der Waals surface area contributed by atoms with Crippen LogP contribution in [-0.4, -0.2) is 56.7 Å². The Kier molecular flexibility index (Phi) is 6.62. The minimum absolute atomic E-state index is 0.0305. The van der Waals surface area contributed by atoms with Crippen molar-refractivity contribution in [2.24, 2.45) is 0 Å². The zero-order chi connectivity index (χ0) is 20.0. The Labute approximate surface area is 157 Å². The summed E-state index contributed by atoms with van der Waals surface area (Å²) in [7, 11) is 1.60. The highest BCUT2D eigenvalue weighted by atomic mass is 16.5. The van der Waals surface area contributed by atoms with Gasteiger partial charge in [-0.15, -0.1) is 5.10 Å². The molecular weight excluding hydrogens is 350 g/mol. The van der Waals surface area contributed by atoms with Gasteiger partial charge in [0.2, 0.25) is 5.91 Å². The predicted octanol–water partition coefficient (Wildman–Crippen LogP) is 1.57. The molecule has 0 saturated heterocycles. The van der Waals surface area contributed by atoms with Crippen molar-refractivity contribution < 1.29 is 19.4 Å². The number of hydrogen-bond donors (Lipinski definition) is 2. The predicted molar refractivity (Wildman–Crippen MR) is 97.9 cm³/mol. The molecule has 0 fully saturated rings. The highest BCUT2D eigenvalue weighted by molar-refractivity contribution is 5.87. The van der Waals surface area contributed by atoms with Gasteiger partial charge in [-0.2, -0.15) is 0 Å². The number of aromatic carboxylic acids is 1. The summed E-state index contributed by atoms with van der Waals surface area (Å²) in [5.41, 5.74) is 0.920. The van der Waals surface area contributed by atoms with Gasteiger partial charge in [-0.25, -0.2) is 9.48 Å². The largest absolute Gasteiger partial charge is 0.478 e. The molecule has 0 saturated carbocycles. The number of aromatic nitrogens is 4. The molecule has 1 amide bonds. The van der Waals surface area contributed by atoms with Crippen molar-refractivity contribution in [2.75, 3.05) is 13.7 Å². The Balaban J connectivity index is 2.02. The van der Waals surface area contributed by atoms with Crippen LogP contribution >= 0.6 is 0 Å². The first-order valence-electron chi connectivity index (χ1n) is 8.64. The number of carboxylic acids is 1. The van der Waals surface area contributed by atoms with E-state index in [2.05, 4.69) is 20.6 Å². The lowest BCUT2D eigenvalue weighted by atomic mass is 9.84. The molecular formula is C18H25N5O4. The van der Waals surface area contributed by atoms with Crippen LogP contribution in [0.15, 0.2) is 24.7 Å². The molecule has 0 bridgehead atoms. The first-order valence-corrected chi connectivity index (χ1v) is 8.64. The molecule has 0 aliphatic rings. The van der Waals surface area contributed by atoms with Crippen molar-refractivity contribution in [2.45, 2.75) is 45.1 Å². The van der Waals surface area contributed by atoms with E-state index < -0.39 is 5.97 Å². The monoisotopic (exact) mass is 375 g/mol. The van der Waals surface area contributed by atoms with Gasteiger partial charge in [-0.1, -0.05) is 19.1 Å². The van der Waals surface area contributed by atoms with Gasteiger partial charge < -0.3 is 15.2 Å². The van der Waals surface area contributed by atoms with Gasteiger partial charge in [0.05, 0.1) is 35.4 Å². The summed E-state index contributed by atoms with van der Waals surface area (Å²) in [6.45, 7) is 6.33. The molecule has 2 aromatic heterocycles. The van der Waals surface area contributed by atoms with E-state index in [1.54, 1.807) is 13.3 Å². The second-order valence-corrected chi connectivity index (χ2v) is 7.02. The molecule has 0 aliphatic heterocycles. The molecule has 1 unspecified atom stereocenters. The fourth-order valence-electron chi connectivity index (χ4n) is 2.35. The Morgan fingerprint density at radius 1 is 1.37 bits per heavy atom. The summed E-state index contributed by atoms with van der Waals surface area (Å²) in [5, 5.41) is 20.2. The molecule has 0 radical (unpaired) electrons. The average Bonchev–Trinajstić information content (AvgIpc) is 3.15. The Bertz CT molecular complexity index is 803. The second-order valence-electron chi connectivity index (χ2n) is 7.02. The zero-order valence-corrected chi connectivity index (χ0v) is 16.0. The van der Waals surface area contributed by atoms with Gasteiger partial charge in [0.25, 0.3) is 0 Å². The fourth-order valence-corrected chi connectivity index (χ4v) is 2.35. The lowest BCUT2D eigenvalue weighted by molar-refractivity contribution is -0.121. The summed E-state index contributed by atoms with van der Waals surface area (Å²) in [5.74, 6) is -1.10. The van der Waals surface area contributed by atoms with Gasteiger partial charge in [-0.3, -0.25) is 9.78 Å². The van der Waals surface area contributed by atoms with Crippen LogP contribution in [0, 0.1) is 0 Å². The number of pyridine rings is 1. The molecule has 0 aromatic carbocycles. The third-order valence-corrected chi connectivity index (χ3v) is 4.39. The molecule has 0 spiro atoms. The van der Waals surface area contributed by atoms with Crippen LogP contribution in [0.5, 0.6) is 0 Å². The topological polar surface area (TPSA) is 119 Å². The van der Waals surface area contributed by atoms with E-state index in [0.29, 0.717) is 30.8 Å². The van der Waals surface area contributed by atoms with E-state index in [1.165, 1.54) is 23.1 Å². The van der Waals surface area contributed by atoms with Crippen LogP contribution in [0.3, 0.4) is 0 Å². The van der Waals surface area contributed by atoms with Crippen LogP contribution < -0.4 is 5.32 Å². The first kappa shape index (κ1) is 20.5. The van der Waals surface area contributed by atoms with E-state index in [4.69, 9.17) is 9.84 Å². The van der Waals surface area contributed by atoms with Crippen molar-refractivity contribution >= 4 is 11.9 Å². The van der Waals surface area contributed by atoms with Crippen LogP contribution in [0.2, 0.25) is 0 Å². The second kappa shape index (κ2) is 8.72. The first-order chi connectivity index (χ1) is 12.7. The third-order valence-electron chi connectivity index (χ3n) is 4.39. The van der Waals surface area contributed by atoms with Gasteiger partial charge in [-0.05, 0) is 19.4 Å². The Morgan fingerprint density at radius 2 is 2.11 bits per heavy atom. The van der Waals surface area contributed by atoms with Gasteiger partial charge in [0, 0.05) is 31.7 Å². The zero-order valence-electron chi connectivity index (χ0n) is 16.0. The lowest BCUT2D eigenvalue weighted by Gasteiger charge is -2.21. The van der Waals surface area contributed by atoms with E-state index in [0.717, 1.165) is 0 Å². The SMILES string of the molecule is COC(C)CNC(=O)CCC(C)(C)c1cn(-c2cncc(C(=O)O)c2)nn1. The maximum absolute atomic E-state index is 12.0. The number of hydrogen-bond acceptors (Lipinski definition) is 6. The van der Waals surface area contributed by atoms with E-state index in [9.17, 15) is 9.59 Å². The number of ether oxygens (including phenoxy) is 1. The summed E-state index contributed by atoms with van der Waals surface area (Å²) >= 11 is 0. The van der Waals surface area contributed by atoms with Crippen LogP contribution in [0.1, 0.15) is 49.7 Å². The van der Waals surface area contributed by atoms with Crippen molar-refractivity contribution in [3.05, 3.63) is 35.9 Å². The Hall–Kier alpha value is -2.81. The molecule has 9 nitrogen and oxygen atoms in total. The molecule has 2 heterocycles. The van der Waals surface area contributed by atoms with Crippen molar-refractivity contribution in [1.29, 1.82) is 0 Å². The molecule has 2 aromatic rings. The highest BCUT2D eigenvalue weighted by Gasteiger charge is 2.25. The molecule has 9 heteroatoms. The number of carbonyl (C=O) groups is 2. The average molecular weight is 375 g/mol. The summed E-state index contributed by atoms with van der Waals surface area (Å²) in [4.78, 5) is 27.0. The summed E-state index contributed by atoms with van der Waals surface area (Å²) in [6, 6.07) is 1.48. The minimum atomic E-state index is -1.06. The number of nitrogens with zero attached hydrogens (tertiary/aromatic N) is 4. The standard InChI is InChI=1S/C18H25N5O4/c1-12(27-4)8-20-16(24)5-6-18(2,3)15-11-23(22-21-15)14-7-13(17(25)26)9-19-10-14/h7,9-12H,5-6,8H2,1-4H3,(H,20,24)(H,25,26). The number of carboxylic acid groups (broad SMARTS) is 1. The lowest BCUT2D eigenvalue weighted by Crippen LogP contribution is -2.32. The molecule has 1 atom stereocenters. The van der Waals surface area contributed by atoms with E-state index in [1.807, 2.05) is 20.8 Å². The van der Waals surface area contributed by atoms with Crippen LogP contribution in [-0.2, 0) is 14.9 Å². The smallest absolute Gasteiger partial charge is 0.337 e. The number of carbonyl (C=O) groups excluding carboxylic acids is 1. The van der Waals surface area contributed by atoms with Gasteiger partial charge in [0.1, 0.15) is 0 Å². The molecule has 27 heavy (non-hydrogen) atoms. The van der Waals surface area contributed by atoms with E-state index in [-0.39, 0.29) is 23.0 Å². The van der Waals surface area contributed by atoms with Gasteiger partial charge in [0.15, 0.2) is 0 Å². The normalized spacial score (nSPS) is 12.6. The molecule has 2 N–H and O–H groups in total. The number of nitrogens with one attached hydrogen (secondary N) is 1. The Morgan fingerprint density at radius 3 is 2.78 bits per heavy atom. The van der Waals surface area contributed by atoms with Crippen LogP contribution in [0.25, 0.3) is 5.69 Å². The number of rotatable bonds is 9. The fraction of sp³-hybridized carbons (Fsp3) is 0.500. The number of amides is 1. The van der Waals surface area contributed by atoms with Crippen molar-refractivity contribution in [1.82, 2.24) is 25.3 Å². The third kappa shape index (κ3) is 5.58. The highest BCUT2D eigenvalue weighted by Crippen LogP contribution is 2.27. The maximum Gasteiger partial charge on any atom is 0.337 e. The van der Waals surface area contributed by atoms with Crippen molar-refractivity contribution in [3.63, 3.8) is 0 Å². The number of methoxy groups -OCH3 is 1. The quantitative estimate of drug-likeness (QED) is 0.683. The summed E-state index contributed by atoms with van der Waals surface area (Å²) < 4.78 is 6.59. The molecule has 2 rings (SSSR count). The van der Waals surface area contributed by atoms with Gasteiger partial charge >= 0.3 is 5.97 Å². The van der Waals surface area contributed by atoms with Crippen LogP contribution in [0.4, 0.5) is 0 Å². The summed E-state index contributed by atoms with van der Waals surface area (Å²) in [6.07, 6.45) is 5.43. The van der Waals surface area contributed by atoms with Crippen molar-refractivity contribution in [3.8, 4) is 5.69 Å². The molecule has 146 valence electrons. The maximum atomic E-state index is 12.0. The van der Waals surface area contributed by atoms with E-state index >= 15 is 0 Å². The minimum Gasteiger partial charge on any atom is -0.478 e.